The van der Waals surface area contributed by atoms with Gasteiger partial charge in [0.25, 0.3) is 0 Å². The fourth-order valence-electron chi connectivity index (χ4n) is 1.48. The van der Waals surface area contributed by atoms with Gasteiger partial charge in [-0.1, -0.05) is 6.07 Å². The number of hydrogen-bond donors (Lipinski definition) is 1. The van der Waals surface area contributed by atoms with Crippen molar-refractivity contribution in [2.24, 2.45) is 0 Å². The monoisotopic (exact) mass is 261 g/mol. The van der Waals surface area contributed by atoms with E-state index in [1.54, 1.807) is 6.92 Å². The highest BCUT2D eigenvalue weighted by Gasteiger charge is 2.26. The van der Waals surface area contributed by atoms with Gasteiger partial charge in [-0.25, -0.2) is 0 Å². The normalized spacial score (nSPS) is 13.4. The van der Waals surface area contributed by atoms with Crippen LogP contribution in [0.3, 0.4) is 0 Å². The Morgan fingerprint density at radius 1 is 1.22 bits per heavy atom. The van der Waals surface area contributed by atoms with Gasteiger partial charge in [0.15, 0.2) is 0 Å². The molecule has 0 bridgehead atoms. The van der Waals surface area contributed by atoms with Crippen LogP contribution in [0.4, 0.5) is 13.2 Å². The van der Waals surface area contributed by atoms with Crippen LogP contribution in [0.1, 0.15) is 18.1 Å². The summed E-state index contributed by atoms with van der Waals surface area (Å²) in [5.74, 6) is 0.680. The standard InChI is InChI=1S/C13H18F3NO/c1-9-4-5-12(6-10(9)2)18-11(3)7-17-8-13(14,15)16/h4-6,11,17H,7-8H2,1-3H3. The lowest BCUT2D eigenvalue weighted by Gasteiger charge is -2.17. The first-order valence-electron chi connectivity index (χ1n) is 5.79. The van der Waals surface area contributed by atoms with Crippen molar-refractivity contribution in [2.75, 3.05) is 13.1 Å². The minimum atomic E-state index is -4.18. The molecule has 1 atom stereocenters. The molecule has 1 aromatic carbocycles. The van der Waals surface area contributed by atoms with Crippen LogP contribution >= 0.6 is 0 Å². The third-order valence-corrected chi connectivity index (χ3v) is 2.57. The van der Waals surface area contributed by atoms with Gasteiger partial charge in [0, 0.05) is 6.54 Å². The molecule has 102 valence electrons. The zero-order chi connectivity index (χ0) is 13.8. The molecule has 0 radical (unpaired) electrons. The molecule has 0 amide bonds. The Labute approximate surface area is 105 Å². The SMILES string of the molecule is Cc1ccc(OC(C)CNCC(F)(F)F)cc1C. The van der Waals surface area contributed by atoms with E-state index in [0.717, 1.165) is 11.1 Å². The lowest BCUT2D eigenvalue weighted by atomic mass is 10.1. The van der Waals surface area contributed by atoms with Gasteiger partial charge in [-0.05, 0) is 44.0 Å². The third-order valence-electron chi connectivity index (χ3n) is 2.57. The van der Waals surface area contributed by atoms with Crippen molar-refractivity contribution in [3.63, 3.8) is 0 Å². The average Bonchev–Trinajstić information content (AvgIpc) is 2.21. The number of hydrogen-bond acceptors (Lipinski definition) is 2. The molecule has 0 aliphatic heterocycles. The van der Waals surface area contributed by atoms with E-state index < -0.39 is 12.7 Å². The van der Waals surface area contributed by atoms with E-state index in [-0.39, 0.29) is 12.6 Å². The summed E-state index contributed by atoms with van der Waals surface area (Å²) in [6, 6.07) is 5.64. The molecule has 0 aliphatic rings. The minimum Gasteiger partial charge on any atom is -0.489 e. The third kappa shape index (κ3) is 5.40. The number of rotatable bonds is 5. The van der Waals surface area contributed by atoms with Gasteiger partial charge in [-0.2, -0.15) is 13.2 Å². The molecule has 1 N–H and O–H groups in total. The Balaban J connectivity index is 2.40. The largest absolute Gasteiger partial charge is 0.489 e. The Morgan fingerprint density at radius 2 is 1.89 bits per heavy atom. The van der Waals surface area contributed by atoms with Gasteiger partial charge in [0.2, 0.25) is 0 Å². The molecule has 1 aromatic rings. The smallest absolute Gasteiger partial charge is 0.401 e. The van der Waals surface area contributed by atoms with Crippen molar-refractivity contribution in [1.82, 2.24) is 5.32 Å². The van der Waals surface area contributed by atoms with E-state index in [0.29, 0.717) is 5.75 Å². The fourth-order valence-corrected chi connectivity index (χ4v) is 1.48. The van der Waals surface area contributed by atoms with Crippen molar-refractivity contribution < 1.29 is 17.9 Å². The number of nitrogens with one attached hydrogen (secondary N) is 1. The van der Waals surface area contributed by atoms with E-state index in [9.17, 15) is 13.2 Å². The molecule has 1 unspecified atom stereocenters. The Bertz CT molecular complexity index is 390. The van der Waals surface area contributed by atoms with Crippen LogP contribution in [0, 0.1) is 13.8 Å². The van der Waals surface area contributed by atoms with Crippen molar-refractivity contribution in [1.29, 1.82) is 0 Å². The maximum atomic E-state index is 11.9. The lowest BCUT2D eigenvalue weighted by molar-refractivity contribution is -0.125. The topological polar surface area (TPSA) is 21.3 Å². The number of alkyl halides is 3. The highest BCUT2D eigenvalue weighted by Crippen LogP contribution is 2.17. The summed E-state index contributed by atoms with van der Waals surface area (Å²) in [7, 11) is 0. The molecule has 0 fully saturated rings. The van der Waals surface area contributed by atoms with Crippen molar-refractivity contribution in [3.05, 3.63) is 29.3 Å². The summed E-state index contributed by atoms with van der Waals surface area (Å²) < 4.78 is 41.3. The predicted molar refractivity (Wildman–Crippen MR) is 64.9 cm³/mol. The average molecular weight is 261 g/mol. The maximum Gasteiger partial charge on any atom is 0.401 e. The van der Waals surface area contributed by atoms with Crippen LogP contribution < -0.4 is 10.1 Å². The van der Waals surface area contributed by atoms with Crippen molar-refractivity contribution >= 4 is 0 Å². The van der Waals surface area contributed by atoms with Gasteiger partial charge in [-0.15, -0.1) is 0 Å². The molecule has 0 heterocycles. The summed E-state index contributed by atoms with van der Waals surface area (Å²) in [5, 5.41) is 2.32. The lowest BCUT2D eigenvalue weighted by Crippen LogP contribution is -2.35. The first-order valence-corrected chi connectivity index (χ1v) is 5.79. The minimum absolute atomic E-state index is 0.159. The summed E-state index contributed by atoms with van der Waals surface area (Å²) in [5.41, 5.74) is 2.26. The Kier molecular flexibility index (Phi) is 5.02. The molecular formula is C13H18F3NO. The van der Waals surface area contributed by atoms with Gasteiger partial charge < -0.3 is 10.1 Å². The summed E-state index contributed by atoms with van der Waals surface area (Å²) in [4.78, 5) is 0. The van der Waals surface area contributed by atoms with Gasteiger partial charge >= 0.3 is 6.18 Å². The van der Waals surface area contributed by atoms with E-state index in [1.165, 1.54) is 0 Å². The molecule has 0 spiro atoms. The number of ether oxygens (including phenoxy) is 1. The number of benzene rings is 1. The zero-order valence-electron chi connectivity index (χ0n) is 10.8. The fraction of sp³-hybridized carbons (Fsp3) is 0.538. The van der Waals surface area contributed by atoms with E-state index in [2.05, 4.69) is 5.32 Å². The highest BCUT2D eigenvalue weighted by molar-refractivity contribution is 5.33. The molecule has 1 rings (SSSR count). The first kappa shape index (κ1) is 14.8. The zero-order valence-corrected chi connectivity index (χ0v) is 10.8. The number of aryl methyl sites for hydroxylation is 2. The predicted octanol–water partition coefficient (Wildman–Crippen LogP) is 3.22. The van der Waals surface area contributed by atoms with Crippen molar-refractivity contribution in [3.8, 4) is 5.75 Å². The van der Waals surface area contributed by atoms with Crippen LogP contribution in [0.5, 0.6) is 5.75 Å². The van der Waals surface area contributed by atoms with Crippen LogP contribution in [0.15, 0.2) is 18.2 Å². The molecule has 0 saturated carbocycles. The summed E-state index contributed by atoms with van der Waals surface area (Å²) in [6.45, 7) is 4.86. The second kappa shape index (κ2) is 6.09. The van der Waals surface area contributed by atoms with E-state index in [4.69, 9.17) is 4.74 Å². The van der Waals surface area contributed by atoms with Gasteiger partial charge in [0.1, 0.15) is 11.9 Å². The molecular weight excluding hydrogens is 243 g/mol. The quantitative estimate of drug-likeness (QED) is 0.878. The van der Waals surface area contributed by atoms with Crippen LogP contribution in [0.2, 0.25) is 0 Å². The summed E-state index contributed by atoms with van der Waals surface area (Å²) >= 11 is 0. The van der Waals surface area contributed by atoms with Crippen LogP contribution in [-0.4, -0.2) is 25.4 Å². The molecule has 0 aliphatic carbocycles. The first-order chi connectivity index (χ1) is 8.28. The van der Waals surface area contributed by atoms with E-state index in [1.807, 2.05) is 32.0 Å². The van der Waals surface area contributed by atoms with E-state index >= 15 is 0 Å². The molecule has 0 aromatic heterocycles. The van der Waals surface area contributed by atoms with Crippen molar-refractivity contribution in [2.45, 2.75) is 33.1 Å². The molecule has 5 heteroatoms. The summed E-state index contributed by atoms with van der Waals surface area (Å²) in [6.07, 6.45) is -4.49. The second-order valence-corrected chi connectivity index (χ2v) is 4.42. The maximum absolute atomic E-state index is 11.9. The van der Waals surface area contributed by atoms with Crippen LogP contribution in [0.25, 0.3) is 0 Å². The molecule has 0 saturated heterocycles. The molecule has 18 heavy (non-hydrogen) atoms. The molecule has 2 nitrogen and oxygen atoms in total. The second-order valence-electron chi connectivity index (χ2n) is 4.42. The van der Waals surface area contributed by atoms with Gasteiger partial charge in [-0.3, -0.25) is 0 Å². The Morgan fingerprint density at radius 3 is 2.44 bits per heavy atom. The van der Waals surface area contributed by atoms with Gasteiger partial charge in [0.05, 0.1) is 6.54 Å². The van der Waals surface area contributed by atoms with Crippen LogP contribution in [-0.2, 0) is 0 Å². The number of halogens is 3. The Hall–Kier alpha value is -1.23. The highest BCUT2D eigenvalue weighted by atomic mass is 19.4.